The highest BCUT2D eigenvalue weighted by Gasteiger charge is 2.22. The summed E-state index contributed by atoms with van der Waals surface area (Å²) in [4.78, 5) is 5.76. The molecule has 1 heterocycles. The van der Waals surface area contributed by atoms with E-state index >= 15 is 0 Å². The number of rotatable bonds is 5. The number of thioether (sulfide) groups is 1. The molecule has 0 unspecified atom stereocenters. The fourth-order valence-corrected chi connectivity index (χ4v) is 5.16. The molecule has 0 saturated carbocycles. The van der Waals surface area contributed by atoms with Gasteiger partial charge in [-0.2, -0.15) is 0 Å². The number of benzene rings is 2. The third-order valence-corrected chi connectivity index (χ3v) is 7.05. The van der Waals surface area contributed by atoms with Crippen LogP contribution < -0.4 is 0 Å². The van der Waals surface area contributed by atoms with Crippen molar-refractivity contribution >= 4 is 34.0 Å². The molecule has 2 aromatic rings. The van der Waals surface area contributed by atoms with Crippen LogP contribution in [0.2, 0.25) is 0 Å². The first kappa shape index (κ1) is 22.1. The van der Waals surface area contributed by atoms with Crippen LogP contribution in [0.25, 0.3) is 17.2 Å². The smallest absolute Gasteiger partial charge is 0.103 e. The van der Waals surface area contributed by atoms with Gasteiger partial charge in [-0.15, -0.1) is 0 Å². The lowest BCUT2D eigenvalue weighted by molar-refractivity contribution is 0.980. The van der Waals surface area contributed by atoms with Gasteiger partial charge < -0.3 is 0 Å². The monoisotopic (exact) mass is 435 g/mol. The molecule has 0 amide bonds. The fraction of sp³-hybridized carbons (Fsp3) is 0.167. The van der Waals surface area contributed by atoms with Crippen molar-refractivity contribution in [2.24, 2.45) is 4.99 Å². The van der Waals surface area contributed by atoms with Crippen LogP contribution in [0.15, 0.2) is 107 Å². The van der Waals surface area contributed by atoms with Gasteiger partial charge in [0.2, 0.25) is 0 Å². The lowest BCUT2D eigenvalue weighted by atomic mass is 9.88. The highest BCUT2D eigenvalue weighted by Crippen LogP contribution is 2.41. The molecule has 2 aliphatic rings. The summed E-state index contributed by atoms with van der Waals surface area (Å²) in [6.07, 6.45) is 17.5. The Balaban J connectivity index is 1.67. The van der Waals surface area contributed by atoms with Crippen LogP contribution in [0.1, 0.15) is 42.5 Å². The molecule has 160 valence electrons. The van der Waals surface area contributed by atoms with Gasteiger partial charge in [-0.3, -0.25) is 4.99 Å². The van der Waals surface area contributed by atoms with Gasteiger partial charge in [0.25, 0.3) is 0 Å². The molecule has 2 heteroatoms. The van der Waals surface area contributed by atoms with Gasteiger partial charge in [-0.25, -0.2) is 0 Å². The molecule has 0 radical (unpaired) electrons. The number of hydrogen-bond acceptors (Lipinski definition) is 2. The minimum Gasteiger partial charge on any atom is -0.281 e. The van der Waals surface area contributed by atoms with E-state index in [2.05, 4.69) is 110 Å². The topological polar surface area (TPSA) is 12.4 Å². The Kier molecular flexibility index (Phi) is 6.92. The van der Waals surface area contributed by atoms with Crippen molar-refractivity contribution in [3.8, 4) is 0 Å². The van der Waals surface area contributed by atoms with Gasteiger partial charge in [0, 0.05) is 17.5 Å². The molecule has 0 N–H and O–H groups in total. The van der Waals surface area contributed by atoms with Crippen LogP contribution in [0, 0.1) is 0 Å². The summed E-state index contributed by atoms with van der Waals surface area (Å²) < 4.78 is 0. The molecular formula is C30H29NS. The van der Waals surface area contributed by atoms with Crippen LogP contribution in [-0.4, -0.2) is 12.1 Å². The number of allylic oxidation sites excluding steroid dienone is 9. The summed E-state index contributed by atoms with van der Waals surface area (Å²) in [5, 5.41) is 1.06. The lowest BCUT2D eigenvalue weighted by Gasteiger charge is -2.17. The second kappa shape index (κ2) is 10.0. The minimum atomic E-state index is 1.02. The van der Waals surface area contributed by atoms with E-state index in [0.29, 0.717) is 0 Å². The molecule has 2 aromatic carbocycles. The Morgan fingerprint density at radius 2 is 1.97 bits per heavy atom. The van der Waals surface area contributed by atoms with E-state index in [1.54, 1.807) is 11.8 Å². The van der Waals surface area contributed by atoms with Gasteiger partial charge in [0.1, 0.15) is 5.04 Å². The maximum Gasteiger partial charge on any atom is 0.103 e. The summed E-state index contributed by atoms with van der Waals surface area (Å²) in [5.41, 5.74) is 9.88. The zero-order valence-electron chi connectivity index (χ0n) is 19.1. The van der Waals surface area contributed by atoms with Crippen molar-refractivity contribution in [3.05, 3.63) is 119 Å². The second-order valence-electron chi connectivity index (χ2n) is 8.00. The molecule has 0 fully saturated rings. The van der Waals surface area contributed by atoms with Crippen LogP contribution in [-0.2, 0) is 6.42 Å². The Morgan fingerprint density at radius 1 is 1.12 bits per heavy atom. The number of nitrogens with zero attached hydrogens (tertiary/aromatic N) is 1. The van der Waals surface area contributed by atoms with E-state index in [9.17, 15) is 0 Å². The van der Waals surface area contributed by atoms with Crippen molar-refractivity contribution in [1.29, 1.82) is 0 Å². The highest BCUT2D eigenvalue weighted by molar-refractivity contribution is 8.15. The minimum absolute atomic E-state index is 1.02. The maximum absolute atomic E-state index is 4.49. The van der Waals surface area contributed by atoms with Crippen LogP contribution in [0.5, 0.6) is 0 Å². The van der Waals surface area contributed by atoms with Crippen molar-refractivity contribution in [3.63, 3.8) is 0 Å². The average molecular weight is 436 g/mol. The molecule has 0 saturated heterocycles. The summed E-state index contributed by atoms with van der Waals surface area (Å²) >= 11 is 1.74. The van der Waals surface area contributed by atoms with Crippen molar-refractivity contribution in [2.45, 2.75) is 31.6 Å². The molecule has 32 heavy (non-hydrogen) atoms. The third-order valence-electron chi connectivity index (χ3n) is 5.88. The standard InChI is InChI=1S/C30H29NS/c1-5-11-24(26-16-10-13-23-12-6-7-14-25(23)26)20-22(3)21(2)18-19-28-27-15-8-9-17-29(27)32-30(28)31-4/h5-6,8-13,15-20H,3,7,14H2,1-2,4H3/b11-5?,21-18+,24-20+,28-19-,31-30?. The molecule has 1 aliphatic heterocycles. The van der Waals surface area contributed by atoms with E-state index < -0.39 is 0 Å². The number of fused-ring (bicyclic) bond motifs is 2. The Hall–Kier alpha value is -3.10. The van der Waals surface area contributed by atoms with Gasteiger partial charge in [0.05, 0.1) is 0 Å². The first-order valence-corrected chi connectivity index (χ1v) is 11.9. The summed E-state index contributed by atoms with van der Waals surface area (Å²) in [7, 11) is 1.86. The molecule has 4 rings (SSSR count). The summed E-state index contributed by atoms with van der Waals surface area (Å²) in [6, 6.07) is 15.1. The van der Waals surface area contributed by atoms with Crippen LogP contribution in [0.3, 0.4) is 0 Å². The Bertz CT molecular complexity index is 1230. The van der Waals surface area contributed by atoms with Gasteiger partial charge in [-0.1, -0.05) is 91.2 Å². The zero-order valence-corrected chi connectivity index (χ0v) is 19.9. The normalized spacial score (nSPS) is 18.5. The molecule has 0 atom stereocenters. The molecule has 0 aromatic heterocycles. The van der Waals surface area contributed by atoms with E-state index in [1.165, 1.54) is 38.3 Å². The van der Waals surface area contributed by atoms with E-state index in [0.717, 1.165) is 29.0 Å². The largest absolute Gasteiger partial charge is 0.281 e. The highest BCUT2D eigenvalue weighted by atomic mass is 32.2. The quantitative estimate of drug-likeness (QED) is 0.430. The number of hydrogen-bond donors (Lipinski definition) is 0. The summed E-state index contributed by atoms with van der Waals surface area (Å²) in [5.74, 6) is 0. The van der Waals surface area contributed by atoms with E-state index in [1.807, 2.05) is 7.05 Å². The first-order valence-electron chi connectivity index (χ1n) is 11.1. The third kappa shape index (κ3) is 4.56. The SMILES string of the molecule is C=C(/C=C(\C=CC)c1cccc2c1CCC=C2)/C(C)=C/C=C1\C(=NC)Sc2ccccc21. The molecule has 1 nitrogen and oxygen atoms in total. The van der Waals surface area contributed by atoms with Gasteiger partial charge in [0.15, 0.2) is 0 Å². The average Bonchev–Trinajstić information content (AvgIpc) is 3.19. The van der Waals surface area contributed by atoms with Crippen LogP contribution in [0.4, 0.5) is 0 Å². The van der Waals surface area contributed by atoms with E-state index in [-0.39, 0.29) is 0 Å². The maximum atomic E-state index is 4.49. The molecular weight excluding hydrogens is 406 g/mol. The molecule has 1 aliphatic carbocycles. The fourth-order valence-electron chi connectivity index (χ4n) is 4.14. The first-order chi connectivity index (χ1) is 15.6. The van der Waals surface area contributed by atoms with Gasteiger partial charge in [-0.05, 0) is 77.8 Å². The predicted molar refractivity (Wildman–Crippen MR) is 143 cm³/mol. The van der Waals surface area contributed by atoms with Gasteiger partial charge >= 0.3 is 0 Å². The Morgan fingerprint density at radius 3 is 2.78 bits per heavy atom. The van der Waals surface area contributed by atoms with E-state index in [4.69, 9.17) is 0 Å². The summed E-state index contributed by atoms with van der Waals surface area (Å²) in [6.45, 7) is 8.58. The molecule has 0 bridgehead atoms. The number of aliphatic imine (C=N–C) groups is 1. The predicted octanol–water partition coefficient (Wildman–Crippen LogP) is 8.33. The molecule has 0 spiro atoms. The van der Waals surface area contributed by atoms with Crippen molar-refractivity contribution in [2.75, 3.05) is 7.05 Å². The zero-order chi connectivity index (χ0) is 22.5. The van der Waals surface area contributed by atoms with Crippen molar-refractivity contribution < 1.29 is 0 Å². The second-order valence-corrected chi connectivity index (χ2v) is 9.03. The van der Waals surface area contributed by atoms with Crippen LogP contribution >= 0.6 is 11.8 Å². The Labute approximate surface area is 196 Å². The lowest BCUT2D eigenvalue weighted by Crippen LogP contribution is -1.99. The van der Waals surface area contributed by atoms with Crippen molar-refractivity contribution in [1.82, 2.24) is 0 Å².